The quantitative estimate of drug-likeness (QED) is 0.786. The molecule has 2 unspecified atom stereocenters. The van der Waals surface area contributed by atoms with Crippen LogP contribution in [0.25, 0.3) is 0 Å². The molecule has 0 aromatic heterocycles. The Bertz CT molecular complexity index is 505. The highest BCUT2D eigenvalue weighted by Gasteiger charge is 2.26. The molecule has 21 heavy (non-hydrogen) atoms. The third-order valence-corrected chi connectivity index (χ3v) is 4.05. The molecule has 2 N–H and O–H groups in total. The summed E-state index contributed by atoms with van der Waals surface area (Å²) in [5, 5.41) is 0. The third kappa shape index (κ3) is 4.43. The van der Waals surface area contributed by atoms with Gasteiger partial charge in [0.2, 0.25) is 5.91 Å². The molecule has 0 spiro atoms. The Kier molecular flexibility index (Phi) is 6.62. The van der Waals surface area contributed by atoms with E-state index in [1.54, 1.807) is 19.1 Å². The van der Waals surface area contributed by atoms with Crippen LogP contribution in [-0.4, -0.2) is 36.0 Å². The minimum absolute atomic E-state index is 0.0209. The monoisotopic (exact) mass is 308 g/mol. The van der Waals surface area contributed by atoms with Crippen LogP contribution < -0.4 is 10.5 Å². The Morgan fingerprint density at radius 2 is 2.05 bits per heavy atom. The van der Waals surface area contributed by atoms with E-state index in [2.05, 4.69) is 0 Å². The summed E-state index contributed by atoms with van der Waals surface area (Å²) >= 11 is 4.98. The molecule has 1 aromatic carbocycles. The van der Waals surface area contributed by atoms with Gasteiger partial charge in [-0.2, -0.15) is 0 Å². The zero-order valence-corrected chi connectivity index (χ0v) is 13.9. The second kappa shape index (κ2) is 7.98. The number of likely N-dealkylation sites (N-methyl/N-ethyl adjacent to an activating group) is 1. The van der Waals surface area contributed by atoms with E-state index in [9.17, 15) is 4.79 Å². The third-order valence-electron chi connectivity index (χ3n) is 3.77. The summed E-state index contributed by atoms with van der Waals surface area (Å²) in [5.41, 5.74) is 6.73. The van der Waals surface area contributed by atoms with Gasteiger partial charge in [-0.15, -0.1) is 0 Å². The van der Waals surface area contributed by atoms with Crippen molar-refractivity contribution in [3.63, 3.8) is 0 Å². The van der Waals surface area contributed by atoms with Crippen LogP contribution in [0.15, 0.2) is 24.3 Å². The molecule has 2 atom stereocenters. The SMILES string of the molecule is CCC(C(=O)N(C)C(C)Cc1ccccc1OC)C(N)=S. The van der Waals surface area contributed by atoms with Crippen LogP contribution in [-0.2, 0) is 11.2 Å². The number of carbonyl (C=O) groups is 1. The van der Waals surface area contributed by atoms with Crippen molar-refractivity contribution < 1.29 is 9.53 Å². The fourth-order valence-corrected chi connectivity index (χ4v) is 2.55. The molecule has 4 nitrogen and oxygen atoms in total. The number of nitrogens with zero attached hydrogens (tertiary/aromatic N) is 1. The van der Waals surface area contributed by atoms with E-state index >= 15 is 0 Å². The van der Waals surface area contributed by atoms with Crippen LogP contribution in [0.4, 0.5) is 0 Å². The normalized spacial score (nSPS) is 13.3. The molecule has 0 aliphatic rings. The number of amides is 1. The van der Waals surface area contributed by atoms with Crippen molar-refractivity contribution in [2.24, 2.45) is 11.7 Å². The van der Waals surface area contributed by atoms with Crippen molar-refractivity contribution in [2.75, 3.05) is 14.2 Å². The number of para-hydroxylation sites is 1. The van der Waals surface area contributed by atoms with Gasteiger partial charge in [-0.3, -0.25) is 4.79 Å². The lowest BCUT2D eigenvalue weighted by Gasteiger charge is -2.28. The first-order valence-corrected chi connectivity index (χ1v) is 7.51. The highest BCUT2D eigenvalue weighted by molar-refractivity contribution is 7.80. The number of thiocarbonyl (C=S) groups is 1. The average molecular weight is 308 g/mol. The predicted octanol–water partition coefficient (Wildman–Crippen LogP) is 2.40. The summed E-state index contributed by atoms with van der Waals surface area (Å²) in [6.07, 6.45) is 1.35. The van der Waals surface area contributed by atoms with Crippen LogP contribution in [0.2, 0.25) is 0 Å². The average Bonchev–Trinajstić information content (AvgIpc) is 2.47. The molecule has 1 rings (SSSR count). The highest BCUT2D eigenvalue weighted by atomic mass is 32.1. The van der Waals surface area contributed by atoms with E-state index in [0.717, 1.165) is 17.7 Å². The van der Waals surface area contributed by atoms with Crippen molar-refractivity contribution >= 4 is 23.1 Å². The van der Waals surface area contributed by atoms with Gasteiger partial charge in [0.15, 0.2) is 0 Å². The van der Waals surface area contributed by atoms with Gasteiger partial charge in [0.05, 0.1) is 18.0 Å². The number of hydrogen-bond donors (Lipinski definition) is 1. The Labute approximate surface area is 132 Å². The Morgan fingerprint density at radius 1 is 1.43 bits per heavy atom. The van der Waals surface area contributed by atoms with E-state index in [-0.39, 0.29) is 22.9 Å². The van der Waals surface area contributed by atoms with Crippen molar-refractivity contribution in [3.8, 4) is 5.75 Å². The lowest BCUT2D eigenvalue weighted by molar-refractivity contribution is -0.133. The van der Waals surface area contributed by atoms with Crippen molar-refractivity contribution in [2.45, 2.75) is 32.7 Å². The molecule has 5 heteroatoms. The summed E-state index contributed by atoms with van der Waals surface area (Å²) < 4.78 is 5.35. The topological polar surface area (TPSA) is 55.6 Å². The number of nitrogens with two attached hydrogens (primary N) is 1. The summed E-state index contributed by atoms with van der Waals surface area (Å²) in [5.74, 6) is 0.434. The van der Waals surface area contributed by atoms with Crippen LogP contribution in [0, 0.1) is 5.92 Å². The lowest BCUT2D eigenvalue weighted by atomic mass is 10.0. The standard InChI is InChI=1S/C16H24N2O2S/c1-5-13(15(17)21)16(19)18(3)11(2)10-12-8-6-7-9-14(12)20-4/h6-9,11,13H,5,10H2,1-4H3,(H2,17,21). The maximum absolute atomic E-state index is 12.4. The van der Waals surface area contributed by atoms with Crippen LogP contribution in [0.1, 0.15) is 25.8 Å². The molecule has 1 aromatic rings. The Balaban J connectivity index is 2.81. The minimum Gasteiger partial charge on any atom is -0.496 e. The second-order valence-corrected chi connectivity index (χ2v) is 5.65. The zero-order valence-electron chi connectivity index (χ0n) is 13.1. The maximum Gasteiger partial charge on any atom is 0.232 e. The van der Waals surface area contributed by atoms with E-state index < -0.39 is 0 Å². The Hall–Kier alpha value is -1.62. The van der Waals surface area contributed by atoms with Crippen LogP contribution in [0.5, 0.6) is 5.75 Å². The second-order valence-electron chi connectivity index (χ2n) is 5.18. The van der Waals surface area contributed by atoms with Gasteiger partial charge in [-0.05, 0) is 31.4 Å². The molecule has 0 saturated carbocycles. The van der Waals surface area contributed by atoms with Gasteiger partial charge in [0, 0.05) is 13.1 Å². The molecule has 0 heterocycles. The molecule has 0 radical (unpaired) electrons. The van der Waals surface area contributed by atoms with Crippen LogP contribution >= 0.6 is 12.2 Å². The molecule has 0 fully saturated rings. The first kappa shape index (κ1) is 17.4. The van der Waals surface area contributed by atoms with Crippen molar-refractivity contribution in [1.29, 1.82) is 0 Å². The molecule has 116 valence electrons. The van der Waals surface area contributed by atoms with Gasteiger partial charge >= 0.3 is 0 Å². The highest BCUT2D eigenvalue weighted by Crippen LogP contribution is 2.21. The fraction of sp³-hybridized carbons (Fsp3) is 0.500. The van der Waals surface area contributed by atoms with Gasteiger partial charge in [-0.1, -0.05) is 37.3 Å². The van der Waals surface area contributed by atoms with E-state index in [4.69, 9.17) is 22.7 Å². The van der Waals surface area contributed by atoms with Crippen molar-refractivity contribution in [1.82, 2.24) is 4.90 Å². The summed E-state index contributed by atoms with van der Waals surface area (Å²) in [7, 11) is 3.45. The summed E-state index contributed by atoms with van der Waals surface area (Å²) in [4.78, 5) is 14.4. The number of ether oxygens (including phenoxy) is 1. The first-order valence-electron chi connectivity index (χ1n) is 7.10. The largest absolute Gasteiger partial charge is 0.496 e. The fourth-order valence-electron chi connectivity index (χ4n) is 2.29. The molecular formula is C16H24N2O2S. The van der Waals surface area contributed by atoms with E-state index in [1.165, 1.54) is 0 Å². The smallest absolute Gasteiger partial charge is 0.232 e. The van der Waals surface area contributed by atoms with Gasteiger partial charge in [0.1, 0.15) is 5.75 Å². The summed E-state index contributed by atoms with van der Waals surface area (Å²) in [6, 6.07) is 7.88. The number of rotatable bonds is 7. The predicted molar refractivity (Wildman–Crippen MR) is 89.5 cm³/mol. The minimum atomic E-state index is -0.384. The zero-order chi connectivity index (χ0) is 16.0. The molecule has 0 aliphatic heterocycles. The summed E-state index contributed by atoms with van der Waals surface area (Å²) in [6.45, 7) is 3.93. The first-order chi connectivity index (χ1) is 9.92. The molecule has 0 aliphatic carbocycles. The van der Waals surface area contributed by atoms with Gasteiger partial charge in [-0.25, -0.2) is 0 Å². The van der Waals surface area contributed by atoms with Gasteiger partial charge in [0.25, 0.3) is 0 Å². The number of hydrogen-bond acceptors (Lipinski definition) is 3. The van der Waals surface area contributed by atoms with Gasteiger partial charge < -0.3 is 15.4 Å². The van der Waals surface area contributed by atoms with E-state index in [1.807, 2.05) is 38.1 Å². The van der Waals surface area contributed by atoms with Crippen molar-refractivity contribution in [3.05, 3.63) is 29.8 Å². The number of carbonyl (C=O) groups excluding carboxylic acids is 1. The Morgan fingerprint density at radius 3 is 2.57 bits per heavy atom. The lowest BCUT2D eigenvalue weighted by Crippen LogP contribution is -2.43. The van der Waals surface area contributed by atoms with Crippen LogP contribution in [0.3, 0.4) is 0 Å². The molecule has 1 amide bonds. The molecular weight excluding hydrogens is 284 g/mol. The number of benzene rings is 1. The maximum atomic E-state index is 12.4. The molecule has 0 saturated heterocycles. The molecule has 0 bridgehead atoms. The van der Waals surface area contributed by atoms with E-state index in [0.29, 0.717) is 6.42 Å². The number of methoxy groups -OCH3 is 1.